The van der Waals surface area contributed by atoms with Gasteiger partial charge in [0.15, 0.2) is 0 Å². The largest absolute Gasteiger partial charge is 0.481 e. The predicted molar refractivity (Wildman–Crippen MR) is 58.8 cm³/mol. The molecule has 4 heteroatoms. The van der Waals surface area contributed by atoms with Gasteiger partial charge in [-0.25, -0.2) is 4.98 Å². The molecule has 4 nitrogen and oxygen atoms in total. The maximum absolute atomic E-state index is 10.5. The number of benzene rings is 1. The molecule has 0 aliphatic rings. The van der Waals surface area contributed by atoms with E-state index >= 15 is 0 Å². The minimum atomic E-state index is -0.903. The van der Waals surface area contributed by atoms with Gasteiger partial charge in [0.25, 0.3) is 0 Å². The first-order valence-electron chi connectivity index (χ1n) is 4.84. The van der Waals surface area contributed by atoms with E-state index in [1.807, 2.05) is 30.3 Å². The average molecular weight is 214 g/mol. The lowest BCUT2D eigenvalue weighted by Crippen LogP contribution is -2.03. The molecule has 0 atom stereocenters. The average Bonchev–Trinajstić information content (AvgIpc) is 2.30. The molecule has 0 saturated heterocycles. The highest BCUT2D eigenvalue weighted by atomic mass is 16.4. The van der Waals surface area contributed by atoms with E-state index in [0.29, 0.717) is 11.4 Å². The molecule has 0 amide bonds. The van der Waals surface area contributed by atoms with Gasteiger partial charge < -0.3 is 5.11 Å². The van der Waals surface area contributed by atoms with Crippen molar-refractivity contribution in [2.24, 2.45) is 0 Å². The van der Waals surface area contributed by atoms with Crippen LogP contribution in [0.5, 0.6) is 0 Å². The van der Waals surface area contributed by atoms with Crippen LogP contribution in [0.4, 0.5) is 0 Å². The number of hydrogen-bond acceptors (Lipinski definition) is 3. The second-order valence-corrected chi connectivity index (χ2v) is 3.33. The summed E-state index contributed by atoms with van der Waals surface area (Å²) < 4.78 is 0. The number of aliphatic carboxylic acids is 1. The van der Waals surface area contributed by atoms with Crippen LogP contribution in [0.3, 0.4) is 0 Å². The van der Waals surface area contributed by atoms with Gasteiger partial charge in [-0.15, -0.1) is 0 Å². The summed E-state index contributed by atoms with van der Waals surface area (Å²) in [5, 5.41) is 8.66. The van der Waals surface area contributed by atoms with Gasteiger partial charge >= 0.3 is 5.97 Å². The third-order valence-electron chi connectivity index (χ3n) is 2.09. The molecule has 2 aromatic rings. The van der Waals surface area contributed by atoms with E-state index in [-0.39, 0.29) is 6.42 Å². The Kier molecular flexibility index (Phi) is 2.91. The summed E-state index contributed by atoms with van der Waals surface area (Å²) in [6.45, 7) is 0. The molecule has 0 aliphatic heterocycles. The van der Waals surface area contributed by atoms with Crippen molar-refractivity contribution in [1.82, 2.24) is 9.97 Å². The zero-order chi connectivity index (χ0) is 11.4. The smallest absolute Gasteiger partial charge is 0.309 e. The highest BCUT2D eigenvalue weighted by Crippen LogP contribution is 2.15. The fourth-order valence-electron chi connectivity index (χ4n) is 1.39. The Balaban J connectivity index is 2.33. The Labute approximate surface area is 92.6 Å². The highest BCUT2D eigenvalue weighted by molar-refractivity contribution is 5.69. The first-order chi connectivity index (χ1) is 7.75. The molecule has 2 rings (SSSR count). The van der Waals surface area contributed by atoms with Crippen LogP contribution in [0.15, 0.2) is 42.7 Å². The van der Waals surface area contributed by atoms with Gasteiger partial charge in [-0.2, -0.15) is 0 Å². The lowest BCUT2D eigenvalue weighted by molar-refractivity contribution is -0.136. The summed E-state index contributed by atoms with van der Waals surface area (Å²) in [5.41, 5.74) is 2.09. The topological polar surface area (TPSA) is 63.1 Å². The molecular weight excluding hydrogens is 204 g/mol. The second-order valence-electron chi connectivity index (χ2n) is 3.33. The number of hydrogen-bond donors (Lipinski definition) is 1. The van der Waals surface area contributed by atoms with Crippen molar-refractivity contribution in [3.05, 3.63) is 48.4 Å². The van der Waals surface area contributed by atoms with E-state index in [1.165, 1.54) is 6.20 Å². The van der Waals surface area contributed by atoms with Crippen molar-refractivity contribution in [3.63, 3.8) is 0 Å². The maximum Gasteiger partial charge on any atom is 0.309 e. The van der Waals surface area contributed by atoms with Gasteiger partial charge in [0, 0.05) is 11.8 Å². The lowest BCUT2D eigenvalue weighted by Gasteiger charge is -2.01. The van der Waals surface area contributed by atoms with Crippen LogP contribution >= 0.6 is 0 Å². The van der Waals surface area contributed by atoms with E-state index in [4.69, 9.17) is 5.11 Å². The quantitative estimate of drug-likeness (QED) is 0.845. The standard InChI is InChI=1S/C12H10N2O2/c15-12(16)6-10-7-13-8-11(14-10)9-4-2-1-3-5-9/h1-5,7-8H,6H2,(H,15,16). The van der Waals surface area contributed by atoms with Gasteiger partial charge in [0.05, 0.1) is 24.0 Å². The van der Waals surface area contributed by atoms with Crippen LogP contribution in [0.1, 0.15) is 5.69 Å². The molecule has 0 spiro atoms. The fraction of sp³-hybridized carbons (Fsp3) is 0.0833. The van der Waals surface area contributed by atoms with Crippen LogP contribution in [-0.2, 0) is 11.2 Å². The SMILES string of the molecule is O=C(O)Cc1cncc(-c2ccccc2)n1. The van der Waals surface area contributed by atoms with E-state index in [0.717, 1.165) is 5.56 Å². The summed E-state index contributed by atoms with van der Waals surface area (Å²) in [6.07, 6.45) is 2.99. The molecule has 1 aromatic heterocycles. The normalized spacial score (nSPS) is 10.0. The molecule has 0 saturated carbocycles. The molecule has 1 heterocycles. The van der Waals surface area contributed by atoms with Crippen LogP contribution in [-0.4, -0.2) is 21.0 Å². The molecule has 80 valence electrons. The number of carbonyl (C=O) groups is 1. The van der Waals surface area contributed by atoms with E-state index in [9.17, 15) is 4.79 Å². The molecular formula is C12H10N2O2. The van der Waals surface area contributed by atoms with Gasteiger partial charge in [-0.3, -0.25) is 9.78 Å². The third-order valence-corrected chi connectivity index (χ3v) is 2.09. The van der Waals surface area contributed by atoms with Gasteiger partial charge in [0.1, 0.15) is 0 Å². The molecule has 0 radical (unpaired) electrons. The third kappa shape index (κ3) is 2.42. The predicted octanol–water partition coefficient (Wildman–Crippen LogP) is 1.77. The van der Waals surface area contributed by atoms with Crippen molar-refractivity contribution >= 4 is 5.97 Å². The minimum Gasteiger partial charge on any atom is -0.481 e. The second kappa shape index (κ2) is 4.53. The highest BCUT2D eigenvalue weighted by Gasteiger charge is 2.04. The Morgan fingerprint density at radius 1 is 1.19 bits per heavy atom. The molecule has 1 aromatic carbocycles. The van der Waals surface area contributed by atoms with Gasteiger partial charge in [-0.05, 0) is 0 Å². The van der Waals surface area contributed by atoms with Crippen LogP contribution in [0.25, 0.3) is 11.3 Å². The van der Waals surface area contributed by atoms with E-state index < -0.39 is 5.97 Å². The Morgan fingerprint density at radius 3 is 2.62 bits per heavy atom. The zero-order valence-corrected chi connectivity index (χ0v) is 8.50. The van der Waals surface area contributed by atoms with E-state index in [2.05, 4.69) is 9.97 Å². The Bertz CT molecular complexity index is 497. The Hall–Kier alpha value is -2.23. The molecule has 0 bridgehead atoms. The van der Waals surface area contributed by atoms with Gasteiger partial charge in [-0.1, -0.05) is 30.3 Å². The van der Waals surface area contributed by atoms with Crippen molar-refractivity contribution in [2.75, 3.05) is 0 Å². The van der Waals surface area contributed by atoms with Crippen molar-refractivity contribution < 1.29 is 9.90 Å². The van der Waals surface area contributed by atoms with Crippen molar-refractivity contribution in [1.29, 1.82) is 0 Å². The number of rotatable bonds is 3. The summed E-state index contributed by atoms with van der Waals surface area (Å²) >= 11 is 0. The first kappa shape index (κ1) is 10.3. The lowest BCUT2D eigenvalue weighted by atomic mass is 10.1. The number of aromatic nitrogens is 2. The molecule has 0 fully saturated rings. The molecule has 16 heavy (non-hydrogen) atoms. The molecule has 0 aliphatic carbocycles. The number of carboxylic acid groups (broad SMARTS) is 1. The fourth-order valence-corrected chi connectivity index (χ4v) is 1.39. The number of carboxylic acids is 1. The van der Waals surface area contributed by atoms with E-state index in [1.54, 1.807) is 6.20 Å². The monoisotopic (exact) mass is 214 g/mol. The summed E-state index contributed by atoms with van der Waals surface area (Å²) in [5.74, 6) is -0.903. The maximum atomic E-state index is 10.5. The van der Waals surface area contributed by atoms with Crippen LogP contribution in [0.2, 0.25) is 0 Å². The summed E-state index contributed by atoms with van der Waals surface area (Å²) in [6, 6.07) is 9.54. The number of nitrogens with zero attached hydrogens (tertiary/aromatic N) is 2. The Morgan fingerprint density at radius 2 is 1.94 bits per heavy atom. The van der Waals surface area contributed by atoms with Crippen LogP contribution < -0.4 is 0 Å². The van der Waals surface area contributed by atoms with Crippen molar-refractivity contribution in [2.45, 2.75) is 6.42 Å². The molecule has 1 N–H and O–H groups in total. The summed E-state index contributed by atoms with van der Waals surface area (Å²) in [4.78, 5) is 18.8. The zero-order valence-electron chi connectivity index (χ0n) is 8.50. The van der Waals surface area contributed by atoms with Gasteiger partial charge in [0.2, 0.25) is 0 Å². The molecule has 0 unspecified atom stereocenters. The minimum absolute atomic E-state index is 0.103. The summed E-state index contributed by atoms with van der Waals surface area (Å²) in [7, 11) is 0. The first-order valence-corrected chi connectivity index (χ1v) is 4.84. The van der Waals surface area contributed by atoms with Crippen molar-refractivity contribution in [3.8, 4) is 11.3 Å². The van der Waals surface area contributed by atoms with Crippen LogP contribution in [0, 0.1) is 0 Å².